The van der Waals surface area contributed by atoms with Crippen LogP contribution < -0.4 is 5.59 Å². The molecule has 2 aromatic heterocycles. The van der Waals surface area contributed by atoms with Gasteiger partial charge in [-0.25, -0.2) is 0 Å². The first-order chi connectivity index (χ1) is 14.4. The van der Waals surface area contributed by atoms with Crippen molar-refractivity contribution in [1.29, 1.82) is 0 Å². The zero-order valence-electron chi connectivity index (χ0n) is 17.5. The average Bonchev–Trinajstić information content (AvgIpc) is 3.20. The van der Waals surface area contributed by atoms with Gasteiger partial charge in [0.15, 0.2) is 0 Å². The highest BCUT2D eigenvalue weighted by Crippen LogP contribution is 2.40. The number of pyridine rings is 1. The van der Waals surface area contributed by atoms with E-state index in [1.807, 2.05) is 11.3 Å². The summed E-state index contributed by atoms with van der Waals surface area (Å²) in [5.41, 5.74) is 1.07. The average molecular weight is 411 g/mol. The summed E-state index contributed by atoms with van der Waals surface area (Å²) < 4.78 is 15.4. The third-order valence-corrected chi connectivity index (χ3v) is 7.85. The fourth-order valence-electron chi connectivity index (χ4n) is 4.39. The second-order valence-corrected chi connectivity index (χ2v) is 10.1. The van der Waals surface area contributed by atoms with Crippen LogP contribution in [-0.2, 0) is 9.31 Å². The van der Waals surface area contributed by atoms with Gasteiger partial charge in [0, 0.05) is 30.9 Å². The molecule has 3 nitrogen and oxygen atoms in total. The molecular weight excluding hydrogens is 389 g/mol. The largest absolute Gasteiger partial charge is 0.515 e. The summed E-state index contributed by atoms with van der Waals surface area (Å²) in [6, 6.07) is 21.5. The van der Waals surface area contributed by atoms with E-state index in [4.69, 9.17) is 14.3 Å². The number of thiophene rings is 1. The summed E-state index contributed by atoms with van der Waals surface area (Å²) in [6.07, 6.45) is 0. The fourth-order valence-corrected chi connectivity index (χ4v) is 5.50. The highest BCUT2D eigenvalue weighted by atomic mass is 32.1. The molecule has 0 atom stereocenters. The molecule has 3 aromatic carbocycles. The van der Waals surface area contributed by atoms with Gasteiger partial charge in [-0.2, -0.15) is 0 Å². The number of rotatable bonds is 1. The van der Waals surface area contributed by atoms with Crippen molar-refractivity contribution in [2.24, 2.45) is 0 Å². The Morgan fingerprint density at radius 1 is 0.700 bits per heavy atom. The molecule has 0 spiro atoms. The van der Waals surface area contributed by atoms with E-state index in [9.17, 15) is 0 Å². The number of fused-ring (bicyclic) bond motifs is 7. The van der Waals surface area contributed by atoms with Gasteiger partial charge in [0.25, 0.3) is 0 Å². The molecule has 0 aliphatic carbocycles. The SMILES string of the molecule is CC1(C)OB(c2nc3c(ccc4sc5ccccc5c43)c3ccccc23)OC1(C)C. The summed E-state index contributed by atoms with van der Waals surface area (Å²) >= 11 is 1.82. The molecule has 0 unspecified atom stereocenters. The van der Waals surface area contributed by atoms with Crippen molar-refractivity contribution in [3.63, 3.8) is 0 Å². The van der Waals surface area contributed by atoms with Crippen molar-refractivity contribution >= 4 is 65.9 Å². The van der Waals surface area contributed by atoms with E-state index in [0.29, 0.717) is 0 Å². The molecule has 0 saturated carbocycles. The lowest BCUT2D eigenvalue weighted by atomic mass is 9.80. The van der Waals surface area contributed by atoms with Gasteiger partial charge in [-0.1, -0.05) is 48.5 Å². The van der Waals surface area contributed by atoms with E-state index in [0.717, 1.165) is 16.5 Å². The van der Waals surface area contributed by atoms with Crippen LogP contribution in [0.1, 0.15) is 27.7 Å². The second kappa shape index (κ2) is 6.04. The Morgan fingerprint density at radius 2 is 1.33 bits per heavy atom. The summed E-state index contributed by atoms with van der Waals surface area (Å²) in [6.45, 7) is 8.34. The quantitative estimate of drug-likeness (QED) is 0.248. The molecule has 0 radical (unpaired) electrons. The predicted octanol–water partition coefficient (Wildman–Crippen LogP) is 6.06. The normalized spacial score (nSPS) is 18.2. The van der Waals surface area contributed by atoms with Crippen LogP contribution in [0.3, 0.4) is 0 Å². The number of hydrogen-bond acceptors (Lipinski definition) is 4. The number of nitrogens with zero attached hydrogens (tertiary/aromatic N) is 1. The first-order valence-electron chi connectivity index (χ1n) is 10.3. The first-order valence-corrected chi connectivity index (χ1v) is 11.2. The second-order valence-electron chi connectivity index (χ2n) is 9.06. The van der Waals surface area contributed by atoms with Gasteiger partial charge in [0.2, 0.25) is 0 Å². The molecule has 3 heterocycles. The summed E-state index contributed by atoms with van der Waals surface area (Å²) in [5, 5.41) is 5.91. The van der Waals surface area contributed by atoms with Crippen molar-refractivity contribution in [1.82, 2.24) is 4.98 Å². The number of aromatic nitrogens is 1. The molecule has 1 aliphatic rings. The topological polar surface area (TPSA) is 31.4 Å². The van der Waals surface area contributed by atoms with Crippen LogP contribution in [0.2, 0.25) is 0 Å². The maximum absolute atomic E-state index is 6.41. The Kier molecular flexibility index (Phi) is 3.69. The standard InChI is InChI=1S/C25H22BNO2S/c1-24(2)25(3,4)29-26(28-24)23-17-10-6-5-9-15(17)16-13-14-20-21(22(16)27-23)18-11-7-8-12-19(18)30-20/h5-14H,1-4H3. The van der Waals surface area contributed by atoms with Crippen molar-refractivity contribution in [3.05, 3.63) is 60.7 Å². The van der Waals surface area contributed by atoms with E-state index in [1.165, 1.54) is 30.9 Å². The Balaban J connectivity index is 1.73. The minimum absolute atomic E-state index is 0.406. The van der Waals surface area contributed by atoms with E-state index in [-0.39, 0.29) is 0 Å². The van der Waals surface area contributed by atoms with E-state index >= 15 is 0 Å². The maximum atomic E-state index is 6.41. The van der Waals surface area contributed by atoms with Gasteiger partial charge >= 0.3 is 7.12 Å². The molecule has 5 aromatic rings. The van der Waals surface area contributed by atoms with Crippen LogP contribution in [0.4, 0.5) is 0 Å². The smallest absolute Gasteiger partial charge is 0.398 e. The molecule has 1 aliphatic heterocycles. The van der Waals surface area contributed by atoms with Crippen LogP contribution in [0.15, 0.2) is 60.7 Å². The Bertz CT molecular complexity index is 1450. The monoisotopic (exact) mass is 411 g/mol. The lowest BCUT2D eigenvalue weighted by Gasteiger charge is -2.32. The van der Waals surface area contributed by atoms with Crippen LogP contribution in [0.5, 0.6) is 0 Å². The third-order valence-electron chi connectivity index (χ3n) is 6.72. The number of benzene rings is 3. The molecule has 0 bridgehead atoms. The van der Waals surface area contributed by atoms with Crippen molar-refractivity contribution < 1.29 is 9.31 Å². The molecule has 6 rings (SSSR count). The summed E-state index contributed by atoms with van der Waals surface area (Å²) in [4.78, 5) is 5.22. The fraction of sp³-hybridized carbons (Fsp3) is 0.240. The first kappa shape index (κ1) is 18.3. The third kappa shape index (κ3) is 2.43. The van der Waals surface area contributed by atoms with E-state index in [1.54, 1.807) is 0 Å². The molecule has 30 heavy (non-hydrogen) atoms. The van der Waals surface area contributed by atoms with Gasteiger partial charge in [-0.05, 0) is 45.2 Å². The summed E-state index contributed by atoms with van der Waals surface area (Å²) in [5.74, 6) is 0. The van der Waals surface area contributed by atoms with Gasteiger partial charge in [0.1, 0.15) is 0 Å². The zero-order valence-corrected chi connectivity index (χ0v) is 18.3. The van der Waals surface area contributed by atoms with Crippen molar-refractivity contribution in [2.75, 3.05) is 0 Å². The molecule has 0 N–H and O–H groups in total. The van der Waals surface area contributed by atoms with Gasteiger partial charge in [0.05, 0.1) is 22.3 Å². The predicted molar refractivity (Wildman–Crippen MR) is 128 cm³/mol. The maximum Gasteiger partial charge on any atom is 0.515 e. The van der Waals surface area contributed by atoms with Crippen LogP contribution in [-0.4, -0.2) is 23.3 Å². The van der Waals surface area contributed by atoms with Crippen LogP contribution in [0.25, 0.3) is 41.8 Å². The van der Waals surface area contributed by atoms with Crippen molar-refractivity contribution in [3.8, 4) is 0 Å². The molecule has 0 amide bonds. The molecular formula is C25H22BNO2S. The highest BCUT2D eigenvalue weighted by Gasteiger charge is 2.52. The molecule has 1 fully saturated rings. The van der Waals surface area contributed by atoms with Crippen molar-refractivity contribution in [2.45, 2.75) is 38.9 Å². The summed E-state index contributed by atoms with van der Waals surface area (Å²) in [7, 11) is -0.496. The lowest BCUT2D eigenvalue weighted by molar-refractivity contribution is 0.00578. The van der Waals surface area contributed by atoms with Gasteiger partial charge in [-0.15, -0.1) is 11.3 Å². The minimum atomic E-state index is -0.496. The Labute approximate surface area is 179 Å². The van der Waals surface area contributed by atoms with Crippen LogP contribution >= 0.6 is 11.3 Å². The van der Waals surface area contributed by atoms with Crippen LogP contribution in [0, 0.1) is 0 Å². The molecule has 5 heteroatoms. The zero-order chi connectivity index (χ0) is 20.7. The van der Waals surface area contributed by atoms with E-state index < -0.39 is 18.3 Å². The van der Waals surface area contributed by atoms with E-state index in [2.05, 4.69) is 88.4 Å². The Morgan fingerprint density at radius 3 is 2.07 bits per heavy atom. The lowest BCUT2D eigenvalue weighted by Crippen LogP contribution is -2.41. The van der Waals surface area contributed by atoms with Gasteiger partial charge in [-0.3, -0.25) is 4.98 Å². The van der Waals surface area contributed by atoms with Gasteiger partial charge < -0.3 is 9.31 Å². The Hall–Kier alpha value is -2.47. The molecule has 148 valence electrons. The highest BCUT2D eigenvalue weighted by molar-refractivity contribution is 7.26. The minimum Gasteiger partial charge on any atom is -0.398 e. The number of hydrogen-bond donors (Lipinski definition) is 0. The molecule has 1 saturated heterocycles.